The highest BCUT2D eigenvalue weighted by Crippen LogP contribution is 2.27. The Hall–Kier alpha value is -0.350. The van der Waals surface area contributed by atoms with E-state index in [0.29, 0.717) is 5.38 Å². The zero-order valence-electron chi connectivity index (χ0n) is 8.87. The Morgan fingerprint density at radius 3 is 2.73 bits per heavy atom. The summed E-state index contributed by atoms with van der Waals surface area (Å²) in [6.07, 6.45) is 4.78. The zero-order valence-corrected chi connectivity index (χ0v) is 10.4. The minimum absolute atomic E-state index is 0.407. The van der Waals surface area contributed by atoms with Gasteiger partial charge in [0.1, 0.15) is 5.82 Å². The molecule has 0 atom stereocenters. The molecule has 1 heterocycles. The lowest BCUT2D eigenvalue weighted by atomic mass is 9.89. The number of aryl methyl sites for hydroxylation is 1. The van der Waals surface area contributed by atoms with Gasteiger partial charge in [0.25, 0.3) is 0 Å². The molecule has 0 amide bonds. The molecule has 1 aliphatic rings. The van der Waals surface area contributed by atoms with Crippen molar-refractivity contribution in [3.8, 4) is 0 Å². The van der Waals surface area contributed by atoms with E-state index in [9.17, 15) is 0 Å². The highest BCUT2D eigenvalue weighted by Gasteiger charge is 2.19. The predicted octanol–water partition coefficient (Wildman–Crippen LogP) is 3.06. The maximum Gasteiger partial charge on any atom is 0.202 e. The Kier molecular flexibility index (Phi) is 3.81. The molecule has 0 saturated heterocycles. The molecule has 1 aromatic rings. The van der Waals surface area contributed by atoms with Gasteiger partial charge in [-0.05, 0) is 38.5 Å². The van der Waals surface area contributed by atoms with E-state index in [1.807, 2.05) is 6.92 Å². The van der Waals surface area contributed by atoms with Crippen LogP contribution in [0.3, 0.4) is 0 Å². The van der Waals surface area contributed by atoms with Crippen LogP contribution in [0.1, 0.15) is 31.5 Å². The van der Waals surface area contributed by atoms with E-state index < -0.39 is 0 Å². The van der Waals surface area contributed by atoms with Gasteiger partial charge in [-0.2, -0.15) is 4.37 Å². The second-order valence-corrected chi connectivity index (χ2v) is 5.51. The second kappa shape index (κ2) is 5.12. The lowest BCUT2D eigenvalue weighted by Gasteiger charge is -2.24. The van der Waals surface area contributed by atoms with E-state index in [1.54, 1.807) is 0 Å². The molecule has 84 valence electrons. The van der Waals surface area contributed by atoms with Gasteiger partial charge in [0, 0.05) is 23.5 Å². The van der Waals surface area contributed by atoms with Crippen molar-refractivity contribution in [3.63, 3.8) is 0 Å². The summed E-state index contributed by atoms with van der Waals surface area (Å²) in [5.74, 6) is 1.61. The molecule has 1 aliphatic carbocycles. The highest BCUT2D eigenvalue weighted by atomic mass is 35.5. The summed E-state index contributed by atoms with van der Waals surface area (Å²) < 4.78 is 4.14. The zero-order chi connectivity index (χ0) is 10.7. The molecule has 2 rings (SSSR count). The van der Waals surface area contributed by atoms with Crippen LogP contribution < -0.4 is 5.32 Å². The number of alkyl halides is 1. The third kappa shape index (κ3) is 3.31. The fourth-order valence-corrected chi connectivity index (χ4v) is 2.76. The van der Waals surface area contributed by atoms with E-state index in [4.69, 9.17) is 11.6 Å². The van der Waals surface area contributed by atoms with Crippen LogP contribution in [-0.2, 0) is 0 Å². The SMILES string of the molecule is Cc1nsc(NCC2CCC(Cl)CC2)n1. The van der Waals surface area contributed by atoms with E-state index in [0.717, 1.165) is 36.3 Å². The van der Waals surface area contributed by atoms with Crippen molar-refractivity contribution in [2.45, 2.75) is 38.0 Å². The summed E-state index contributed by atoms with van der Waals surface area (Å²) in [6, 6.07) is 0. The normalized spacial score (nSPS) is 26.5. The standard InChI is InChI=1S/C10H16ClN3S/c1-7-13-10(15-14-7)12-6-8-2-4-9(11)5-3-8/h8-9H,2-6H2,1H3,(H,12,13,14). The average Bonchev–Trinajstić information content (AvgIpc) is 2.64. The first-order valence-electron chi connectivity index (χ1n) is 5.42. The van der Waals surface area contributed by atoms with E-state index in [-0.39, 0.29) is 0 Å². The van der Waals surface area contributed by atoms with Gasteiger partial charge in [0.15, 0.2) is 0 Å². The summed E-state index contributed by atoms with van der Waals surface area (Å²) in [5.41, 5.74) is 0. The molecule has 0 unspecified atom stereocenters. The Labute approximate surface area is 99.4 Å². The summed E-state index contributed by atoms with van der Waals surface area (Å²) in [7, 11) is 0. The Bertz CT molecular complexity index is 307. The second-order valence-electron chi connectivity index (χ2n) is 4.15. The van der Waals surface area contributed by atoms with Crippen molar-refractivity contribution in [2.75, 3.05) is 11.9 Å². The van der Waals surface area contributed by atoms with E-state index in [1.165, 1.54) is 24.4 Å². The quantitative estimate of drug-likeness (QED) is 0.832. The molecule has 0 spiro atoms. The topological polar surface area (TPSA) is 37.8 Å². The van der Waals surface area contributed by atoms with E-state index in [2.05, 4.69) is 14.7 Å². The van der Waals surface area contributed by atoms with Gasteiger partial charge in [-0.3, -0.25) is 0 Å². The van der Waals surface area contributed by atoms with Gasteiger partial charge in [0.05, 0.1) is 0 Å². The van der Waals surface area contributed by atoms with Crippen molar-refractivity contribution < 1.29 is 0 Å². The first-order chi connectivity index (χ1) is 7.24. The van der Waals surface area contributed by atoms with Crippen LogP contribution in [0.4, 0.5) is 5.13 Å². The van der Waals surface area contributed by atoms with Gasteiger partial charge < -0.3 is 5.32 Å². The maximum absolute atomic E-state index is 6.06. The van der Waals surface area contributed by atoms with Crippen LogP contribution in [-0.4, -0.2) is 21.3 Å². The minimum atomic E-state index is 0.407. The number of rotatable bonds is 3. The number of anilines is 1. The summed E-state index contributed by atoms with van der Waals surface area (Å²) >= 11 is 7.50. The van der Waals surface area contributed by atoms with Gasteiger partial charge in [-0.1, -0.05) is 0 Å². The number of hydrogen-bond donors (Lipinski definition) is 1. The molecule has 0 aliphatic heterocycles. The third-order valence-corrected chi connectivity index (χ3v) is 4.05. The van der Waals surface area contributed by atoms with E-state index >= 15 is 0 Å². The van der Waals surface area contributed by atoms with Crippen LogP contribution in [0.5, 0.6) is 0 Å². The van der Waals surface area contributed by atoms with Gasteiger partial charge in [-0.15, -0.1) is 11.6 Å². The fourth-order valence-electron chi connectivity index (χ4n) is 1.93. The molecular weight excluding hydrogens is 230 g/mol. The Morgan fingerprint density at radius 1 is 1.40 bits per heavy atom. The summed E-state index contributed by atoms with van der Waals surface area (Å²) in [5, 5.41) is 4.70. The molecule has 0 aromatic carbocycles. The lowest BCUT2D eigenvalue weighted by Crippen LogP contribution is -2.21. The molecule has 1 fully saturated rings. The number of aromatic nitrogens is 2. The molecule has 1 N–H and O–H groups in total. The summed E-state index contributed by atoms with van der Waals surface area (Å²) in [6.45, 7) is 2.93. The van der Waals surface area contributed by atoms with Gasteiger partial charge in [-0.25, -0.2) is 4.98 Å². The smallest absolute Gasteiger partial charge is 0.202 e. The first-order valence-corrected chi connectivity index (χ1v) is 6.63. The maximum atomic E-state index is 6.06. The van der Waals surface area contributed by atoms with Crippen LogP contribution in [0.2, 0.25) is 0 Å². The molecule has 1 aromatic heterocycles. The van der Waals surface area contributed by atoms with Crippen molar-refractivity contribution in [3.05, 3.63) is 5.82 Å². The summed E-state index contributed by atoms with van der Waals surface area (Å²) in [4.78, 5) is 4.28. The van der Waals surface area contributed by atoms with Crippen LogP contribution in [0, 0.1) is 12.8 Å². The highest BCUT2D eigenvalue weighted by molar-refractivity contribution is 7.09. The molecule has 5 heteroatoms. The van der Waals surface area contributed by atoms with Crippen molar-refractivity contribution in [1.82, 2.24) is 9.36 Å². The van der Waals surface area contributed by atoms with Crippen molar-refractivity contribution in [1.29, 1.82) is 0 Å². The van der Waals surface area contributed by atoms with Gasteiger partial charge >= 0.3 is 0 Å². The Balaban J connectivity index is 1.74. The van der Waals surface area contributed by atoms with Crippen LogP contribution in [0.25, 0.3) is 0 Å². The Morgan fingerprint density at radius 2 is 2.13 bits per heavy atom. The molecule has 15 heavy (non-hydrogen) atoms. The number of nitrogens with one attached hydrogen (secondary N) is 1. The number of hydrogen-bond acceptors (Lipinski definition) is 4. The average molecular weight is 246 g/mol. The van der Waals surface area contributed by atoms with Gasteiger partial charge in [0.2, 0.25) is 5.13 Å². The van der Waals surface area contributed by atoms with Crippen molar-refractivity contribution in [2.24, 2.45) is 5.92 Å². The van der Waals surface area contributed by atoms with Crippen LogP contribution in [0.15, 0.2) is 0 Å². The van der Waals surface area contributed by atoms with Crippen LogP contribution >= 0.6 is 23.1 Å². The molecule has 3 nitrogen and oxygen atoms in total. The molecule has 1 saturated carbocycles. The first kappa shape index (κ1) is 11.1. The number of halogens is 1. The minimum Gasteiger partial charge on any atom is -0.360 e. The molecule has 0 radical (unpaired) electrons. The third-order valence-electron chi connectivity index (χ3n) is 2.85. The molecule has 0 bridgehead atoms. The number of nitrogens with zero attached hydrogens (tertiary/aromatic N) is 2. The van der Waals surface area contributed by atoms with Crippen molar-refractivity contribution >= 4 is 28.3 Å². The lowest BCUT2D eigenvalue weighted by molar-refractivity contribution is 0.378. The fraction of sp³-hybridized carbons (Fsp3) is 0.800. The monoisotopic (exact) mass is 245 g/mol. The predicted molar refractivity (Wildman–Crippen MR) is 64.7 cm³/mol. The largest absolute Gasteiger partial charge is 0.360 e. The molecular formula is C10H16ClN3S.